The topological polar surface area (TPSA) is 34.5 Å². The highest BCUT2D eigenvalue weighted by molar-refractivity contribution is 5.93. The minimum Gasteiger partial charge on any atom is -0.469 e. The van der Waals surface area contributed by atoms with Gasteiger partial charge in [0.2, 0.25) is 0 Å². The number of anilines is 1. The van der Waals surface area contributed by atoms with E-state index in [2.05, 4.69) is 39.6 Å². The molecule has 1 aromatic heterocycles. The zero-order chi connectivity index (χ0) is 13.8. The summed E-state index contributed by atoms with van der Waals surface area (Å²) in [7, 11) is 5.53. The van der Waals surface area contributed by atoms with E-state index in [9.17, 15) is 4.79 Å². The molecule has 0 aliphatic carbocycles. The maximum atomic E-state index is 11.1. The van der Waals surface area contributed by atoms with Gasteiger partial charge in [-0.05, 0) is 12.5 Å². The van der Waals surface area contributed by atoms with Crippen LogP contribution in [0, 0.1) is 0 Å². The summed E-state index contributed by atoms with van der Waals surface area (Å²) >= 11 is 0. The van der Waals surface area contributed by atoms with Crippen molar-refractivity contribution in [3.8, 4) is 0 Å². The van der Waals surface area contributed by atoms with E-state index in [-0.39, 0.29) is 5.97 Å². The first kappa shape index (κ1) is 13.5. The molecule has 0 amide bonds. The molecule has 2 aromatic rings. The molecular formula is C15H20N2O2. The fourth-order valence-electron chi connectivity index (χ4n) is 2.31. The monoisotopic (exact) mass is 260 g/mol. The molecule has 4 heteroatoms. The van der Waals surface area contributed by atoms with Crippen molar-refractivity contribution in [2.75, 3.05) is 25.6 Å². The first-order chi connectivity index (χ1) is 9.13. The summed E-state index contributed by atoms with van der Waals surface area (Å²) < 4.78 is 6.78. The van der Waals surface area contributed by atoms with Crippen molar-refractivity contribution in [1.29, 1.82) is 0 Å². The third kappa shape index (κ3) is 2.89. The number of methoxy groups -OCH3 is 1. The van der Waals surface area contributed by atoms with E-state index in [1.54, 1.807) is 0 Å². The summed E-state index contributed by atoms with van der Waals surface area (Å²) in [4.78, 5) is 13.3. The van der Waals surface area contributed by atoms with Crippen LogP contribution in [-0.2, 0) is 16.6 Å². The van der Waals surface area contributed by atoms with Gasteiger partial charge in [-0.1, -0.05) is 18.2 Å². The van der Waals surface area contributed by atoms with Crippen LogP contribution in [-0.4, -0.2) is 31.2 Å². The van der Waals surface area contributed by atoms with Crippen molar-refractivity contribution in [1.82, 2.24) is 4.57 Å². The number of esters is 1. The number of hydrogen-bond donors (Lipinski definition) is 0. The number of hydrogen-bond acceptors (Lipinski definition) is 3. The summed E-state index contributed by atoms with van der Waals surface area (Å²) in [5, 5.41) is 1.24. The molecule has 2 rings (SSSR count). The number of carbonyl (C=O) groups excluding carboxylic acids is 1. The molecule has 0 bridgehead atoms. The van der Waals surface area contributed by atoms with Crippen LogP contribution in [0.25, 0.3) is 10.9 Å². The summed E-state index contributed by atoms with van der Waals surface area (Å²) in [5.74, 6) is -0.147. The fraction of sp³-hybridized carbons (Fsp3) is 0.400. The molecule has 19 heavy (non-hydrogen) atoms. The number of nitrogens with zero attached hydrogens (tertiary/aromatic N) is 2. The predicted molar refractivity (Wildman–Crippen MR) is 77.4 cm³/mol. The van der Waals surface area contributed by atoms with E-state index in [0.717, 1.165) is 13.0 Å². The molecule has 102 valence electrons. The van der Waals surface area contributed by atoms with Crippen molar-refractivity contribution in [2.24, 2.45) is 7.05 Å². The smallest absolute Gasteiger partial charge is 0.305 e. The summed E-state index contributed by atoms with van der Waals surface area (Å²) in [5.41, 5.74) is 2.42. The largest absolute Gasteiger partial charge is 0.469 e. The number of aryl methyl sites for hydroxylation is 1. The molecule has 0 spiro atoms. The molecule has 0 saturated carbocycles. The number of fused-ring (bicyclic) bond motifs is 1. The van der Waals surface area contributed by atoms with Crippen molar-refractivity contribution < 1.29 is 9.53 Å². The Kier molecular flexibility index (Phi) is 4.10. The van der Waals surface area contributed by atoms with Crippen LogP contribution >= 0.6 is 0 Å². The van der Waals surface area contributed by atoms with Crippen LogP contribution in [0.3, 0.4) is 0 Å². The maximum absolute atomic E-state index is 11.1. The lowest BCUT2D eigenvalue weighted by Gasteiger charge is -2.17. The van der Waals surface area contributed by atoms with Crippen molar-refractivity contribution in [2.45, 2.75) is 12.8 Å². The Bertz CT molecular complexity index is 575. The van der Waals surface area contributed by atoms with Gasteiger partial charge in [-0.25, -0.2) is 0 Å². The Hall–Kier alpha value is -1.97. The van der Waals surface area contributed by atoms with Gasteiger partial charge in [0.25, 0.3) is 0 Å². The van der Waals surface area contributed by atoms with Gasteiger partial charge in [-0.15, -0.1) is 0 Å². The molecule has 1 heterocycles. The van der Waals surface area contributed by atoms with Gasteiger partial charge in [0.1, 0.15) is 0 Å². The molecule has 0 fully saturated rings. The molecule has 0 aliphatic heterocycles. The van der Waals surface area contributed by atoms with Gasteiger partial charge in [-0.3, -0.25) is 4.79 Å². The minimum absolute atomic E-state index is 0.147. The quantitative estimate of drug-likeness (QED) is 0.775. The summed E-state index contributed by atoms with van der Waals surface area (Å²) in [6.07, 6.45) is 3.39. The first-order valence-corrected chi connectivity index (χ1v) is 6.45. The number of benzene rings is 1. The standard InChI is InChI=1S/C15H20N2O2/c1-16(10-6-9-15(18)19-3)14-11-17(2)13-8-5-4-7-12(13)14/h4-5,7-8,11H,6,9-10H2,1-3H3. The van der Waals surface area contributed by atoms with Crippen LogP contribution in [0.4, 0.5) is 5.69 Å². The van der Waals surface area contributed by atoms with Gasteiger partial charge in [-0.2, -0.15) is 0 Å². The maximum Gasteiger partial charge on any atom is 0.305 e. The van der Waals surface area contributed by atoms with Gasteiger partial charge < -0.3 is 14.2 Å². The average Bonchev–Trinajstić information content (AvgIpc) is 2.76. The van der Waals surface area contributed by atoms with Gasteiger partial charge >= 0.3 is 5.97 Å². The third-order valence-corrected chi connectivity index (χ3v) is 3.39. The van der Waals surface area contributed by atoms with Crippen molar-refractivity contribution in [3.63, 3.8) is 0 Å². The lowest BCUT2D eigenvalue weighted by molar-refractivity contribution is -0.140. The fourth-order valence-corrected chi connectivity index (χ4v) is 2.31. The molecule has 0 unspecified atom stereocenters. The molecule has 0 N–H and O–H groups in total. The lowest BCUT2D eigenvalue weighted by atomic mass is 10.2. The highest BCUT2D eigenvalue weighted by atomic mass is 16.5. The molecule has 4 nitrogen and oxygen atoms in total. The van der Waals surface area contributed by atoms with E-state index < -0.39 is 0 Å². The Balaban J connectivity index is 2.09. The van der Waals surface area contributed by atoms with E-state index >= 15 is 0 Å². The minimum atomic E-state index is -0.147. The number of ether oxygens (including phenoxy) is 1. The van der Waals surface area contributed by atoms with E-state index in [1.165, 1.54) is 23.7 Å². The summed E-state index contributed by atoms with van der Waals surface area (Å²) in [6, 6.07) is 8.33. The Morgan fingerprint density at radius 2 is 2.11 bits per heavy atom. The number of para-hydroxylation sites is 1. The van der Waals surface area contributed by atoms with E-state index in [0.29, 0.717) is 6.42 Å². The Morgan fingerprint density at radius 1 is 1.37 bits per heavy atom. The average molecular weight is 260 g/mol. The first-order valence-electron chi connectivity index (χ1n) is 6.45. The second kappa shape index (κ2) is 5.78. The van der Waals surface area contributed by atoms with Crippen LogP contribution < -0.4 is 4.90 Å². The second-order valence-corrected chi connectivity index (χ2v) is 4.74. The predicted octanol–water partition coefficient (Wildman–Crippen LogP) is 2.57. The molecule has 0 radical (unpaired) electrons. The van der Waals surface area contributed by atoms with Crippen LogP contribution in [0.2, 0.25) is 0 Å². The zero-order valence-electron chi connectivity index (χ0n) is 11.7. The molecule has 0 aliphatic rings. The number of carbonyl (C=O) groups is 1. The van der Waals surface area contributed by atoms with Gasteiger partial charge in [0.05, 0.1) is 12.8 Å². The highest BCUT2D eigenvalue weighted by Gasteiger charge is 2.10. The second-order valence-electron chi connectivity index (χ2n) is 4.74. The molecule has 0 atom stereocenters. The number of aromatic nitrogens is 1. The van der Waals surface area contributed by atoms with Crippen molar-refractivity contribution in [3.05, 3.63) is 30.5 Å². The molecule has 0 saturated heterocycles. The normalized spacial score (nSPS) is 10.7. The van der Waals surface area contributed by atoms with Gasteiger partial charge in [0, 0.05) is 44.2 Å². The SMILES string of the molecule is COC(=O)CCCN(C)c1cn(C)c2ccccc12. The van der Waals surface area contributed by atoms with Crippen LogP contribution in [0.15, 0.2) is 30.5 Å². The van der Waals surface area contributed by atoms with Crippen molar-refractivity contribution >= 4 is 22.6 Å². The Labute approximate surface area is 113 Å². The van der Waals surface area contributed by atoms with Crippen LogP contribution in [0.5, 0.6) is 0 Å². The van der Waals surface area contributed by atoms with Gasteiger partial charge in [0.15, 0.2) is 0 Å². The van der Waals surface area contributed by atoms with E-state index in [1.807, 2.05) is 19.2 Å². The highest BCUT2D eigenvalue weighted by Crippen LogP contribution is 2.27. The third-order valence-electron chi connectivity index (χ3n) is 3.39. The summed E-state index contributed by atoms with van der Waals surface area (Å²) in [6.45, 7) is 0.836. The van der Waals surface area contributed by atoms with E-state index in [4.69, 9.17) is 0 Å². The molecule has 1 aromatic carbocycles. The number of rotatable bonds is 5. The zero-order valence-corrected chi connectivity index (χ0v) is 11.7. The van der Waals surface area contributed by atoms with Crippen LogP contribution in [0.1, 0.15) is 12.8 Å². The lowest BCUT2D eigenvalue weighted by Crippen LogP contribution is -2.19. The Morgan fingerprint density at radius 3 is 2.84 bits per heavy atom. The molecular weight excluding hydrogens is 240 g/mol.